The Morgan fingerprint density at radius 2 is 2.11 bits per heavy atom. The van der Waals surface area contributed by atoms with Crippen LogP contribution in [0.4, 0.5) is 4.39 Å². The van der Waals surface area contributed by atoms with Gasteiger partial charge in [0.05, 0.1) is 28.3 Å². The summed E-state index contributed by atoms with van der Waals surface area (Å²) in [6.45, 7) is 3.60. The Morgan fingerprint density at radius 3 is 2.67 bits per heavy atom. The van der Waals surface area contributed by atoms with Crippen molar-refractivity contribution in [3.8, 4) is 5.75 Å². The predicted octanol–water partition coefficient (Wildman–Crippen LogP) is 3.14. The molecule has 0 aliphatic heterocycles. The summed E-state index contributed by atoms with van der Waals surface area (Å²) in [7, 11) is 1.45. The van der Waals surface area contributed by atoms with Crippen molar-refractivity contribution in [3.05, 3.63) is 45.2 Å². The van der Waals surface area contributed by atoms with Crippen LogP contribution in [0.5, 0.6) is 5.75 Å². The van der Waals surface area contributed by atoms with Gasteiger partial charge in [0.1, 0.15) is 11.6 Å². The van der Waals surface area contributed by atoms with Gasteiger partial charge in [0.15, 0.2) is 0 Å². The Labute approximate surface area is 108 Å². The van der Waals surface area contributed by atoms with E-state index >= 15 is 0 Å². The molecule has 5 heteroatoms. The van der Waals surface area contributed by atoms with E-state index in [0.29, 0.717) is 16.3 Å². The van der Waals surface area contributed by atoms with Crippen molar-refractivity contribution in [2.24, 2.45) is 0 Å². The van der Waals surface area contributed by atoms with Crippen LogP contribution in [0.15, 0.2) is 18.2 Å². The molecule has 2 aromatic rings. The lowest BCUT2D eigenvalue weighted by molar-refractivity contribution is 0.103. The fourth-order valence-electron chi connectivity index (χ4n) is 1.72. The summed E-state index contributed by atoms with van der Waals surface area (Å²) in [4.78, 5) is 17.1. The SMILES string of the molecule is COc1ccc(F)cc1C(=O)c1sc(C)nc1C. The molecule has 2 rings (SSSR count). The van der Waals surface area contributed by atoms with Gasteiger partial charge >= 0.3 is 0 Å². The van der Waals surface area contributed by atoms with Gasteiger partial charge in [0, 0.05) is 0 Å². The zero-order valence-corrected chi connectivity index (χ0v) is 11.1. The summed E-state index contributed by atoms with van der Waals surface area (Å²) in [5, 5.41) is 0.811. The molecule has 0 spiro atoms. The normalized spacial score (nSPS) is 10.4. The van der Waals surface area contributed by atoms with Crippen LogP contribution < -0.4 is 4.74 Å². The molecule has 0 aliphatic carbocycles. The quantitative estimate of drug-likeness (QED) is 0.800. The number of carbonyl (C=O) groups excluding carboxylic acids is 1. The van der Waals surface area contributed by atoms with Gasteiger partial charge < -0.3 is 4.74 Å². The number of hydrogen-bond donors (Lipinski definition) is 0. The first-order valence-corrected chi connectivity index (χ1v) is 6.17. The highest BCUT2D eigenvalue weighted by Crippen LogP contribution is 2.26. The van der Waals surface area contributed by atoms with Crippen LogP contribution in [0.2, 0.25) is 0 Å². The first-order chi connectivity index (χ1) is 8.52. The number of aryl methyl sites for hydroxylation is 2. The number of ether oxygens (including phenoxy) is 1. The van der Waals surface area contributed by atoms with Crippen LogP contribution in [0.25, 0.3) is 0 Å². The molecule has 1 aromatic carbocycles. The van der Waals surface area contributed by atoms with Gasteiger partial charge in [-0.25, -0.2) is 9.37 Å². The van der Waals surface area contributed by atoms with Gasteiger partial charge in [0.2, 0.25) is 5.78 Å². The zero-order chi connectivity index (χ0) is 13.3. The number of rotatable bonds is 3. The smallest absolute Gasteiger partial charge is 0.208 e. The predicted molar refractivity (Wildman–Crippen MR) is 68.0 cm³/mol. The lowest BCUT2D eigenvalue weighted by Gasteiger charge is -2.06. The monoisotopic (exact) mass is 265 g/mol. The molecular formula is C13H12FNO2S. The van der Waals surface area contributed by atoms with Gasteiger partial charge in [-0.05, 0) is 32.0 Å². The second-order valence-corrected chi connectivity index (χ2v) is 5.02. The average Bonchev–Trinajstić information content (AvgIpc) is 2.67. The molecule has 0 fully saturated rings. The summed E-state index contributed by atoms with van der Waals surface area (Å²) in [5.74, 6) is -0.348. The third-order valence-electron chi connectivity index (χ3n) is 2.52. The minimum atomic E-state index is -0.460. The maximum Gasteiger partial charge on any atom is 0.208 e. The van der Waals surface area contributed by atoms with Crippen molar-refractivity contribution in [2.45, 2.75) is 13.8 Å². The first kappa shape index (κ1) is 12.7. The summed E-state index contributed by atoms with van der Waals surface area (Å²) in [6.07, 6.45) is 0. The van der Waals surface area contributed by atoms with Crippen molar-refractivity contribution in [2.75, 3.05) is 7.11 Å². The minimum Gasteiger partial charge on any atom is -0.496 e. The minimum absolute atomic E-state index is 0.226. The molecule has 1 heterocycles. The van der Waals surface area contributed by atoms with E-state index in [4.69, 9.17) is 4.74 Å². The van der Waals surface area contributed by atoms with Gasteiger partial charge in [-0.15, -0.1) is 11.3 Å². The molecule has 94 valence electrons. The van der Waals surface area contributed by atoms with E-state index in [-0.39, 0.29) is 11.3 Å². The van der Waals surface area contributed by atoms with E-state index in [9.17, 15) is 9.18 Å². The Kier molecular flexibility index (Phi) is 3.43. The summed E-state index contributed by atoms with van der Waals surface area (Å²) >= 11 is 1.30. The van der Waals surface area contributed by atoms with Crippen LogP contribution in [-0.4, -0.2) is 17.9 Å². The third kappa shape index (κ3) is 2.26. The number of ketones is 1. The molecule has 0 radical (unpaired) electrons. The number of carbonyl (C=O) groups is 1. The van der Waals surface area contributed by atoms with Crippen molar-refractivity contribution in [1.82, 2.24) is 4.98 Å². The molecule has 0 N–H and O–H groups in total. The Bertz CT molecular complexity index is 607. The van der Waals surface area contributed by atoms with Crippen LogP contribution in [0, 0.1) is 19.7 Å². The molecule has 0 saturated heterocycles. The van der Waals surface area contributed by atoms with E-state index < -0.39 is 5.82 Å². The molecule has 3 nitrogen and oxygen atoms in total. The highest BCUT2D eigenvalue weighted by Gasteiger charge is 2.20. The number of thiazole rings is 1. The van der Waals surface area contributed by atoms with E-state index in [0.717, 1.165) is 5.01 Å². The lowest BCUT2D eigenvalue weighted by Crippen LogP contribution is -2.04. The zero-order valence-electron chi connectivity index (χ0n) is 10.3. The number of aromatic nitrogens is 1. The average molecular weight is 265 g/mol. The number of methoxy groups -OCH3 is 1. The summed E-state index contributed by atoms with van der Waals surface area (Å²) in [6, 6.07) is 3.90. The highest BCUT2D eigenvalue weighted by molar-refractivity contribution is 7.14. The molecule has 0 bridgehead atoms. The van der Waals surface area contributed by atoms with E-state index in [1.165, 1.54) is 36.6 Å². The second-order valence-electron chi connectivity index (χ2n) is 3.82. The largest absolute Gasteiger partial charge is 0.496 e. The first-order valence-electron chi connectivity index (χ1n) is 5.35. The maximum atomic E-state index is 13.2. The Morgan fingerprint density at radius 1 is 1.39 bits per heavy atom. The van der Waals surface area contributed by atoms with Gasteiger partial charge in [-0.3, -0.25) is 4.79 Å². The molecule has 0 unspecified atom stereocenters. The number of hydrogen-bond acceptors (Lipinski definition) is 4. The van der Waals surface area contributed by atoms with Crippen molar-refractivity contribution in [1.29, 1.82) is 0 Å². The van der Waals surface area contributed by atoms with Gasteiger partial charge in [0.25, 0.3) is 0 Å². The molecule has 18 heavy (non-hydrogen) atoms. The number of nitrogens with zero attached hydrogens (tertiary/aromatic N) is 1. The molecule has 0 atom stereocenters. The molecular weight excluding hydrogens is 253 g/mol. The maximum absolute atomic E-state index is 13.2. The summed E-state index contributed by atoms with van der Waals surface area (Å²) < 4.78 is 18.3. The highest BCUT2D eigenvalue weighted by atomic mass is 32.1. The van der Waals surface area contributed by atoms with Crippen LogP contribution in [0.3, 0.4) is 0 Å². The second kappa shape index (κ2) is 4.86. The van der Waals surface area contributed by atoms with Gasteiger partial charge in [-0.1, -0.05) is 0 Å². The topological polar surface area (TPSA) is 39.2 Å². The van der Waals surface area contributed by atoms with Gasteiger partial charge in [-0.2, -0.15) is 0 Å². The van der Waals surface area contributed by atoms with Crippen molar-refractivity contribution in [3.63, 3.8) is 0 Å². The van der Waals surface area contributed by atoms with E-state index in [2.05, 4.69) is 4.98 Å². The molecule has 0 amide bonds. The number of benzene rings is 1. The molecule has 0 aliphatic rings. The van der Waals surface area contributed by atoms with E-state index in [1.807, 2.05) is 6.92 Å². The van der Waals surface area contributed by atoms with E-state index in [1.54, 1.807) is 6.92 Å². The molecule has 0 saturated carbocycles. The Balaban J connectivity index is 2.51. The van der Waals surface area contributed by atoms with Crippen molar-refractivity contribution < 1.29 is 13.9 Å². The van der Waals surface area contributed by atoms with Crippen LogP contribution in [-0.2, 0) is 0 Å². The van der Waals surface area contributed by atoms with Crippen LogP contribution >= 0.6 is 11.3 Å². The standard InChI is InChI=1S/C13H12FNO2S/c1-7-13(18-8(2)15-7)12(16)10-6-9(14)4-5-11(10)17-3/h4-6H,1-3H3. The fourth-order valence-corrected chi connectivity index (χ4v) is 2.60. The van der Waals surface area contributed by atoms with Crippen LogP contribution in [0.1, 0.15) is 25.9 Å². The number of halogens is 1. The molecule has 1 aromatic heterocycles. The van der Waals surface area contributed by atoms with Crippen molar-refractivity contribution >= 4 is 17.1 Å². The summed E-state index contributed by atoms with van der Waals surface area (Å²) in [5.41, 5.74) is 0.887. The third-order valence-corrected chi connectivity index (χ3v) is 3.59. The fraction of sp³-hybridized carbons (Fsp3) is 0.231. The Hall–Kier alpha value is -1.75. The lowest BCUT2D eigenvalue weighted by atomic mass is 10.1.